The van der Waals surface area contributed by atoms with E-state index in [1.165, 1.54) is 23.6 Å². The molecule has 11 nitrogen and oxygen atoms in total. The molecule has 2 amide bonds. The van der Waals surface area contributed by atoms with E-state index in [9.17, 15) is 22.8 Å². The second kappa shape index (κ2) is 11.6. The number of halogens is 3. The van der Waals surface area contributed by atoms with Crippen molar-refractivity contribution in [1.29, 1.82) is 0 Å². The lowest BCUT2D eigenvalue weighted by molar-refractivity contribution is -0.559. The van der Waals surface area contributed by atoms with Crippen LogP contribution in [0.1, 0.15) is 67.7 Å². The molecule has 3 aromatic heterocycles. The van der Waals surface area contributed by atoms with Gasteiger partial charge in [-0.05, 0) is 59.9 Å². The van der Waals surface area contributed by atoms with Gasteiger partial charge in [-0.3, -0.25) is 25.0 Å². The number of nitrogens with one attached hydrogen (secondary N) is 1. The number of hydrogen-bond acceptors (Lipinski definition) is 7. The Bertz CT molecular complexity index is 1600. The normalized spacial score (nSPS) is 18.5. The molecule has 0 aromatic carbocycles. The van der Waals surface area contributed by atoms with E-state index >= 15 is 0 Å². The Hall–Kier alpha value is -4.20. The van der Waals surface area contributed by atoms with Crippen LogP contribution in [0, 0.1) is 5.92 Å². The minimum Gasteiger partial charge on any atom is -0.349 e. The van der Waals surface area contributed by atoms with Crippen molar-refractivity contribution in [2.75, 3.05) is 13.1 Å². The number of pyridine rings is 2. The molecule has 0 spiro atoms. The van der Waals surface area contributed by atoms with Crippen molar-refractivity contribution < 1.29 is 27.1 Å². The van der Waals surface area contributed by atoms with E-state index < -0.39 is 24.2 Å². The van der Waals surface area contributed by atoms with Crippen molar-refractivity contribution in [3.05, 3.63) is 65.3 Å². The highest BCUT2D eigenvalue weighted by Crippen LogP contribution is 2.36. The molecule has 2 aliphatic heterocycles. The monoisotopic (exact) mass is 584 g/mol. The molecule has 2 aliphatic rings. The van der Waals surface area contributed by atoms with Gasteiger partial charge >= 0.3 is 18.0 Å². The van der Waals surface area contributed by atoms with Crippen LogP contribution in [0.4, 0.5) is 13.2 Å². The van der Waals surface area contributed by atoms with E-state index in [0.717, 1.165) is 12.5 Å². The fourth-order valence-electron chi connectivity index (χ4n) is 5.36. The maximum Gasteiger partial charge on any atom is 0.433 e. The molecule has 0 aliphatic carbocycles. The van der Waals surface area contributed by atoms with Crippen molar-refractivity contribution in [2.24, 2.45) is 21.8 Å². The van der Waals surface area contributed by atoms with Gasteiger partial charge in [0.2, 0.25) is 5.91 Å². The number of carbonyl (C=O) groups is 2. The third kappa shape index (κ3) is 6.03. The highest BCUT2D eigenvalue weighted by Gasteiger charge is 2.35. The highest BCUT2D eigenvalue weighted by molar-refractivity contribution is 5.94. The second-order valence-electron chi connectivity index (χ2n) is 10.7. The summed E-state index contributed by atoms with van der Waals surface area (Å²) in [4.78, 5) is 34.8. The maximum absolute atomic E-state index is 13.2. The zero-order valence-corrected chi connectivity index (χ0v) is 23.5. The molecule has 5 heterocycles. The lowest BCUT2D eigenvalue weighted by Gasteiger charge is -2.36. The third-order valence-corrected chi connectivity index (χ3v) is 7.82. The Balaban J connectivity index is 1.53. The van der Waals surface area contributed by atoms with Crippen molar-refractivity contribution in [3.8, 4) is 11.1 Å². The number of amides is 2. The Morgan fingerprint density at radius 1 is 1.19 bits per heavy atom. The van der Waals surface area contributed by atoms with Gasteiger partial charge in [-0.1, -0.05) is 17.4 Å². The van der Waals surface area contributed by atoms with Crippen molar-refractivity contribution in [2.45, 2.75) is 64.6 Å². The summed E-state index contributed by atoms with van der Waals surface area (Å²) in [5.74, 6) is -0.326. The molecule has 1 fully saturated rings. The van der Waals surface area contributed by atoms with Crippen LogP contribution >= 0.6 is 0 Å². The van der Waals surface area contributed by atoms with Crippen LogP contribution in [-0.4, -0.2) is 56.9 Å². The van der Waals surface area contributed by atoms with E-state index in [1.54, 1.807) is 34.2 Å². The number of aromatic nitrogens is 4. The number of carbonyl (C=O) groups excluding carboxylic acids is 2. The molecule has 3 atom stereocenters. The summed E-state index contributed by atoms with van der Waals surface area (Å²) in [7, 11) is 0. The fraction of sp³-hybridized carbons (Fsp3) is 0.464. The fourth-order valence-corrected chi connectivity index (χ4v) is 5.36. The van der Waals surface area contributed by atoms with Gasteiger partial charge in [0.25, 0.3) is 5.91 Å². The molecule has 42 heavy (non-hydrogen) atoms. The molecule has 222 valence electrons. The molecule has 5 rings (SSSR count). The zero-order valence-electron chi connectivity index (χ0n) is 23.5. The lowest BCUT2D eigenvalue weighted by Crippen LogP contribution is -2.43. The highest BCUT2D eigenvalue weighted by atomic mass is 19.4. The predicted molar refractivity (Wildman–Crippen MR) is 144 cm³/mol. The number of piperidine rings is 1. The number of nitrogens with zero attached hydrogens (tertiary/aromatic N) is 7. The van der Waals surface area contributed by atoms with Gasteiger partial charge in [0.1, 0.15) is 17.5 Å². The summed E-state index contributed by atoms with van der Waals surface area (Å²) < 4.78 is 42.9. The molecule has 0 radical (unpaired) electrons. The minimum atomic E-state index is -4.55. The standard InChI is InChI=1S/C28H32F3N9O2/c1-4-16(2)35-26(42)22-11-20(14-40-25(22)36-27(32)37-40)21-13-34-39(15-21)24(18-7-9-38(10-8-18)17(3)41)19-5-6-23(33-12-19)28(29,30)31/h5-6,11-16,18,24,27H,4,7-10,32H2,1-3H3/p+1/t16-,24?,27?/m0/s1. The predicted octanol–water partition coefficient (Wildman–Crippen LogP) is 2.53. The molecule has 2 unspecified atom stereocenters. The number of alkyl halides is 3. The summed E-state index contributed by atoms with van der Waals surface area (Å²) in [5.41, 5.74) is 7.52. The van der Waals surface area contributed by atoms with Gasteiger partial charge in [-0.15, -0.1) is 0 Å². The van der Waals surface area contributed by atoms with Crippen molar-refractivity contribution in [3.63, 3.8) is 0 Å². The van der Waals surface area contributed by atoms with Gasteiger partial charge < -0.3 is 10.2 Å². The van der Waals surface area contributed by atoms with Gasteiger partial charge in [-0.2, -0.15) is 18.3 Å². The van der Waals surface area contributed by atoms with Crippen LogP contribution < -0.4 is 20.9 Å². The maximum atomic E-state index is 13.2. The number of rotatable bonds is 7. The summed E-state index contributed by atoms with van der Waals surface area (Å²) in [6, 6.07) is 3.64. The van der Waals surface area contributed by atoms with Crippen LogP contribution in [0.15, 0.2) is 53.1 Å². The number of hydrogen-bond donors (Lipinski definition) is 2. The van der Waals surface area contributed by atoms with Crippen molar-refractivity contribution in [1.82, 2.24) is 25.0 Å². The quantitative estimate of drug-likeness (QED) is 0.412. The summed E-state index contributed by atoms with van der Waals surface area (Å²) in [5, 5.41) is 11.8. The smallest absolute Gasteiger partial charge is 0.349 e. The van der Waals surface area contributed by atoms with E-state index in [2.05, 4.69) is 25.5 Å². The van der Waals surface area contributed by atoms with Crippen LogP contribution in [0.3, 0.4) is 0 Å². The number of likely N-dealkylation sites (tertiary alicyclic amines) is 1. The number of nitrogens with two attached hydrogens (primary N) is 1. The molecule has 14 heteroatoms. The van der Waals surface area contributed by atoms with Gasteiger partial charge in [0.15, 0.2) is 0 Å². The van der Waals surface area contributed by atoms with E-state index in [-0.39, 0.29) is 23.8 Å². The zero-order chi connectivity index (χ0) is 30.2. The van der Waals surface area contributed by atoms with Gasteiger partial charge in [-0.25, -0.2) is 0 Å². The number of fused-ring (bicyclic) bond motifs is 1. The first-order valence-electron chi connectivity index (χ1n) is 13.9. The SMILES string of the molecule is CC[C@H](C)NC(=O)c1cc(-c2cnn(C(c3ccc(C(F)(F)F)nc3)C3CCN(C(C)=O)CC3)c2)c[n+]2c1=NC(N)N=2. The Morgan fingerprint density at radius 2 is 1.93 bits per heavy atom. The van der Waals surface area contributed by atoms with Gasteiger partial charge in [0, 0.05) is 49.6 Å². The third-order valence-electron chi connectivity index (χ3n) is 7.82. The first kappa shape index (κ1) is 29.3. The topological polar surface area (TPSA) is 137 Å². The molecule has 0 bridgehead atoms. The first-order valence-corrected chi connectivity index (χ1v) is 13.9. The van der Waals surface area contributed by atoms with Crippen LogP contribution in [0.5, 0.6) is 0 Å². The molecular formula is C28H33F3N9O2+. The Kier molecular flexibility index (Phi) is 8.08. The second-order valence-corrected chi connectivity index (χ2v) is 10.7. The molecular weight excluding hydrogens is 551 g/mol. The van der Waals surface area contributed by atoms with Crippen LogP contribution in [0.25, 0.3) is 11.1 Å². The van der Waals surface area contributed by atoms with Crippen LogP contribution in [-0.2, 0) is 11.0 Å². The Morgan fingerprint density at radius 3 is 2.55 bits per heavy atom. The van der Waals surface area contributed by atoms with E-state index in [0.29, 0.717) is 53.7 Å². The molecule has 0 saturated carbocycles. The first-order chi connectivity index (χ1) is 19.9. The van der Waals surface area contributed by atoms with E-state index in [1.807, 2.05) is 13.8 Å². The average Bonchev–Trinajstić information content (AvgIpc) is 3.58. The summed E-state index contributed by atoms with van der Waals surface area (Å²) in [6.45, 7) is 6.48. The molecule has 3 N–H and O–H groups in total. The molecule has 1 saturated heterocycles. The van der Waals surface area contributed by atoms with Crippen molar-refractivity contribution >= 4 is 11.8 Å². The Labute approximate surface area is 240 Å². The minimum absolute atomic E-state index is 0.00930. The molecule has 3 aromatic rings. The van der Waals surface area contributed by atoms with Crippen LogP contribution in [0.2, 0.25) is 0 Å². The van der Waals surface area contributed by atoms with Gasteiger partial charge in [0.05, 0.1) is 12.2 Å². The largest absolute Gasteiger partial charge is 0.433 e. The lowest BCUT2D eigenvalue weighted by atomic mass is 9.85. The summed E-state index contributed by atoms with van der Waals surface area (Å²) in [6.07, 6.45) is 3.05. The summed E-state index contributed by atoms with van der Waals surface area (Å²) >= 11 is 0. The van der Waals surface area contributed by atoms with E-state index in [4.69, 9.17) is 5.73 Å². The average molecular weight is 585 g/mol.